The van der Waals surface area contributed by atoms with E-state index in [1.807, 2.05) is 51.1 Å². The Kier molecular flexibility index (Phi) is 6.81. The van der Waals surface area contributed by atoms with Crippen LogP contribution < -0.4 is 0 Å². The van der Waals surface area contributed by atoms with Crippen molar-refractivity contribution >= 4 is 11.9 Å². The highest BCUT2D eigenvalue weighted by molar-refractivity contribution is 5.84. The first-order chi connectivity index (χ1) is 12.2. The first kappa shape index (κ1) is 20.4. The van der Waals surface area contributed by atoms with Gasteiger partial charge in [0.15, 0.2) is 0 Å². The van der Waals surface area contributed by atoms with E-state index in [4.69, 9.17) is 9.47 Å². The van der Waals surface area contributed by atoms with Gasteiger partial charge in [0, 0.05) is 0 Å². The van der Waals surface area contributed by atoms with E-state index in [2.05, 4.69) is 13.8 Å². The molecule has 0 aromatic heterocycles. The molecule has 2 rings (SSSR count). The second kappa shape index (κ2) is 8.67. The highest BCUT2D eigenvalue weighted by atomic mass is 16.6. The van der Waals surface area contributed by atoms with Crippen molar-refractivity contribution in [3.05, 3.63) is 35.9 Å². The maximum absolute atomic E-state index is 13.2. The Balaban J connectivity index is 2.16. The number of hydrogen-bond donors (Lipinski definition) is 0. The van der Waals surface area contributed by atoms with Crippen LogP contribution in [0.1, 0.15) is 46.6 Å². The van der Waals surface area contributed by atoms with Gasteiger partial charge in [-0.1, -0.05) is 44.2 Å². The highest BCUT2D eigenvalue weighted by Gasteiger charge is 2.36. The molecule has 1 saturated heterocycles. The number of hydrogen-bond acceptors (Lipinski definition) is 4. The first-order valence-electron chi connectivity index (χ1n) is 9.31. The first-order valence-corrected chi connectivity index (χ1v) is 9.31. The van der Waals surface area contributed by atoms with Crippen LogP contribution in [0.15, 0.2) is 30.3 Å². The van der Waals surface area contributed by atoms with E-state index in [0.29, 0.717) is 25.7 Å². The molecule has 2 atom stereocenters. The van der Waals surface area contributed by atoms with E-state index >= 15 is 0 Å². The lowest BCUT2D eigenvalue weighted by molar-refractivity contribution is -0.158. The minimum atomic E-state index is -0.561. The van der Waals surface area contributed by atoms with Crippen molar-refractivity contribution in [2.75, 3.05) is 13.3 Å². The summed E-state index contributed by atoms with van der Waals surface area (Å²) in [6, 6.07) is 9.85. The predicted molar refractivity (Wildman–Crippen MR) is 100 cm³/mol. The molecule has 5 heteroatoms. The van der Waals surface area contributed by atoms with Gasteiger partial charge in [0.1, 0.15) is 12.3 Å². The second-order valence-electron chi connectivity index (χ2n) is 8.30. The molecule has 0 radical (unpaired) electrons. The highest BCUT2D eigenvalue weighted by Crippen LogP contribution is 2.24. The second-order valence-corrected chi connectivity index (χ2v) is 8.30. The zero-order valence-electron chi connectivity index (χ0n) is 16.5. The van der Waals surface area contributed by atoms with Crippen LogP contribution in [0, 0.1) is 11.8 Å². The zero-order valence-corrected chi connectivity index (χ0v) is 16.5. The molecule has 0 bridgehead atoms. The van der Waals surface area contributed by atoms with E-state index in [0.717, 1.165) is 5.56 Å². The summed E-state index contributed by atoms with van der Waals surface area (Å²) in [5, 5.41) is 0. The Bertz CT molecular complexity index is 606. The van der Waals surface area contributed by atoms with Gasteiger partial charge in [0.25, 0.3) is 0 Å². The topological polar surface area (TPSA) is 55.8 Å². The van der Waals surface area contributed by atoms with Crippen LogP contribution in [0.2, 0.25) is 0 Å². The van der Waals surface area contributed by atoms with Gasteiger partial charge in [-0.2, -0.15) is 0 Å². The summed E-state index contributed by atoms with van der Waals surface area (Å²) < 4.78 is 11.0. The molecule has 1 fully saturated rings. The average molecular weight is 361 g/mol. The maximum Gasteiger partial charge on any atom is 0.307 e. The molecule has 144 valence electrons. The summed E-state index contributed by atoms with van der Waals surface area (Å²) in [4.78, 5) is 27.4. The molecule has 1 aliphatic rings. The summed E-state index contributed by atoms with van der Waals surface area (Å²) >= 11 is 0. The number of amides is 1. The number of benzene rings is 1. The van der Waals surface area contributed by atoms with Crippen molar-refractivity contribution in [2.24, 2.45) is 11.8 Å². The largest absolute Gasteiger partial charge is 0.460 e. The molecule has 1 aliphatic heterocycles. The normalized spacial score (nSPS) is 18.8. The van der Waals surface area contributed by atoms with E-state index < -0.39 is 11.5 Å². The van der Waals surface area contributed by atoms with Gasteiger partial charge in [0.2, 0.25) is 5.91 Å². The molecule has 0 saturated carbocycles. The van der Waals surface area contributed by atoms with Crippen LogP contribution in [0.5, 0.6) is 0 Å². The Labute approximate surface area is 156 Å². The van der Waals surface area contributed by atoms with Crippen molar-refractivity contribution < 1.29 is 19.1 Å². The van der Waals surface area contributed by atoms with Gasteiger partial charge in [0.05, 0.1) is 25.0 Å². The lowest BCUT2D eigenvalue weighted by Gasteiger charge is -2.29. The molecule has 1 amide bonds. The Morgan fingerprint density at radius 1 is 1.23 bits per heavy atom. The third-order valence-corrected chi connectivity index (χ3v) is 4.48. The molecule has 0 aliphatic carbocycles. The third-order valence-electron chi connectivity index (χ3n) is 4.48. The summed E-state index contributed by atoms with van der Waals surface area (Å²) in [7, 11) is 0. The smallest absolute Gasteiger partial charge is 0.307 e. The SMILES string of the molecule is CC(C)[C@@H]1COCN1C(=O)[C@@H](CC(=O)OC(C)(C)C)Cc1ccccc1. The number of esters is 1. The quantitative estimate of drug-likeness (QED) is 0.729. The Morgan fingerprint density at radius 3 is 2.46 bits per heavy atom. The van der Waals surface area contributed by atoms with Crippen LogP contribution in [-0.2, 0) is 25.5 Å². The fourth-order valence-corrected chi connectivity index (χ4v) is 3.20. The summed E-state index contributed by atoms with van der Waals surface area (Å²) in [5.74, 6) is -0.514. The summed E-state index contributed by atoms with van der Waals surface area (Å²) in [5.41, 5.74) is 0.477. The van der Waals surface area contributed by atoms with E-state index in [1.165, 1.54) is 0 Å². The lowest BCUT2D eigenvalue weighted by atomic mass is 9.93. The molecule has 1 aromatic carbocycles. The van der Waals surface area contributed by atoms with E-state index in [9.17, 15) is 9.59 Å². The summed E-state index contributed by atoms with van der Waals surface area (Å²) in [6.07, 6.45) is 0.590. The van der Waals surface area contributed by atoms with Crippen molar-refractivity contribution in [1.29, 1.82) is 0 Å². The Morgan fingerprint density at radius 2 is 1.88 bits per heavy atom. The fourth-order valence-electron chi connectivity index (χ4n) is 3.20. The maximum atomic E-state index is 13.2. The van der Waals surface area contributed by atoms with E-state index in [1.54, 1.807) is 4.90 Å². The van der Waals surface area contributed by atoms with Crippen molar-refractivity contribution in [1.82, 2.24) is 4.90 Å². The molecule has 0 unspecified atom stereocenters. The van der Waals surface area contributed by atoms with Gasteiger partial charge in [-0.25, -0.2) is 0 Å². The molecule has 0 N–H and O–H groups in total. The van der Waals surface area contributed by atoms with Gasteiger partial charge < -0.3 is 14.4 Å². The fraction of sp³-hybridized carbons (Fsp3) is 0.619. The van der Waals surface area contributed by atoms with Crippen LogP contribution >= 0.6 is 0 Å². The zero-order chi connectivity index (χ0) is 19.3. The van der Waals surface area contributed by atoms with Crippen LogP contribution in [0.3, 0.4) is 0 Å². The lowest BCUT2D eigenvalue weighted by Crippen LogP contribution is -2.44. The van der Waals surface area contributed by atoms with Gasteiger partial charge in [-0.3, -0.25) is 9.59 Å². The monoisotopic (exact) mass is 361 g/mol. The molecular formula is C21H31NO4. The molecule has 1 aromatic rings. The standard InChI is InChI=1S/C21H31NO4/c1-15(2)18-13-25-14-22(18)20(24)17(11-16-9-7-6-8-10-16)12-19(23)26-21(3,4)5/h6-10,15,17-18H,11-14H2,1-5H3/t17-,18+/m1/s1. The van der Waals surface area contributed by atoms with Crippen LogP contribution in [0.25, 0.3) is 0 Å². The van der Waals surface area contributed by atoms with Crippen molar-refractivity contribution in [3.63, 3.8) is 0 Å². The molecular weight excluding hydrogens is 330 g/mol. The van der Waals surface area contributed by atoms with Crippen molar-refractivity contribution in [3.8, 4) is 0 Å². The number of nitrogens with zero attached hydrogens (tertiary/aromatic N) is 1. The minimum Gasteiger partial charge on any atom is -0.460 e. The minimum absolute atomic E-state index is 0.0316. The number of carbonyl (C=O) groups excluding carboxylic acids is 2. The molecule has 1 heterocycles. The van der Waals surface area contributed by atoms with Gasteiger partial charge in [-0.05, 0) is 38.7 Å². The average Bonchev–Trinajstić information content (AvgIpc) is 3.02. The van der Waals surface area contributed by atoms with Crippen molar-refractivity contribution in [2.45, 2.75) is 59.1 Å². The Hall–Kier alpha value is -1.88. The van der Waals surface area contributed by atoms with E-state index in [-0.39, 0.29) is 24.3 Å². The molecule has 0 spiro atoms. The van der Waals surface area contributed by atoms with Crippen LogP contribution in [0.4, 0.5) is 0 Å². The predicted octanol–water partition coefficient (Wildman–Crippen LogP) is 3.42. The molecule has 26 heavy (non-hydrogen) atoms. The number of rotatable bonds is 6. The summed E-state index contributed by atoms with van der Waals surface area (Å²) in [6.45, 7) is 10.5. The third kappa shape index (κ3) is 5.84. The number of ether oxygens (including phenoxy) is 2. The molecule has 5 nitrogen and oxygen atoms in total. The van der Waals surface area contributed by atoms with Crippen LogP contribution in [-0.4, -0.2) is 41.8 Å². The van der Waals surface area contributed by atoms with Gasteiger partial charge >= 0.3 is 5.97 Å². The van der Waals surface area contributed by atoms with Gasteiger partial charge in [-0.15, -0.1) is 0 Å². The number of carbonyl (C=O) groups is 2.